The van der Waals surface area contributed by atoms with Crippen molar-refractivity contribution in [1.29, 1.82) is 0 Å². The first-order valence-electron chi connectivity index (χ1n) is 25.0. The fourth-order valence-electron chi connectivity index (χ4n) is 12.8. The van der Waals surface area contributed by atoms with Crippen LogP contribution in [-0.2, 0) is 0 Å². The Hall–Kier alpha value is -7.55. The molecule has 0 aliphatic carbocycles. The maximum atomic E-state index is 7.67. The first-order valence-corrected chi connectivity index (χ1v) is 25.0. The Kier molecular flexibility index (Phi) is 10.1. The van der Waals surface area contributed by atoms with Crippen molar-refractivity contribution in [3.05, 3.63) is 121 Å². The van der Waals surface area contributed by atoms with Gasteiger partial charge in [-0.05, 0) is 121 Å². The predicted molar refractivity (Wildman–Crippen MR) is 346 cm³/mol. The maximum absolute atomic E-state index is 7.67. The van der Waals surface area contributed by atoms with Gasteiger partial charge in [0.15, 0.2) is 0 Å². The largest absolute Gasteiger partial charge is 0.457 e. The van der Waals surface area contributed by atoms with E-state index in [1.54, 1.807) is 0 Å². The summed E-state index contributed by atoms with van der Waals surface area (Å²) in [4.78, 5) is 0. The van der Waals surface area contributed by atoms with E-state index in [-0.39, 0.29) is 98.8 Å². The highest BCUT2D eigenvalue weighted by atomic mass is 16.3. The molecule has 0 bridgehead atoms. The van der Waals surface area contributed by atoms with Crippen molar-refractivity contribution in [2.24, 2.45) is 0 Å². The number of hydrogen-bond donors (Lipinski definition) is 0. The minimum absolute atomic E-state index is 0.0394. The number of rotatable bonds is 4. The first kappa shape index (κ1) is 47.6. The summed E-state index contributed by atoms with van der Waals surface area (Å²) in [5, 5.41) is 14.1. The highest BCUT2D eigenvalue weighted by Crippen LogP contribution is 2.49. The zero-order valence-electron chi connectivity index (χ0n) is 41.4. The second kappa shape index (κ2) is 16.5. The van der Waals surface area contributed by atoms with Crippen molar-refractivity contribution >= 4 is 295 Å². The fraction of sp³-hybridized carbons (Fsp3) is 0. The van der Waals surface area contributed by atoms with Gasteiger partial charge in [-0.15, -0.1) is 21.9 Å². The Morgan fingerprint density at radius 2 is 0.551 bits per heavy atom. The summed E-state index contributed by atoms with van der Waals surface area (Å²) in [6, 6.07) is 42.5. The second-order valence-electron chi connectivity index (χ2n) is 20.4. The van der Waals surface area contributed by atoms with E-state index in [0.717, 1.165) is 81.3 Å². The molecule has 0 aliphatic heterocycles. The van der Waals surface area contributed by atoms with Crippen molar-refractivity contribution in [2.45, 2.75) is 0 Å². The van der Waals surface area contributed by atoms with Gasteiger partial charge in [0, 0.05) is 21.5 Å². The van der Waals surface area contributed by atoms with Gasteiger partial charge in [0.25, 0.3) is 0 Å². The van der Waals surface area contributed by atoms with Crippen LogP contribution in [-0.4, -0.2) is 110 Å². The highest BCUT2D eigenvalue weighted by molar-refractivity contribution is 6.71. The molecule has 0 aliphatic rings. The minimum atomic E-state index is 0.0394. The predicted octanol–water partition coefficient (Wildman–Crippen LogP) is 1.06. The van der Waals surface area contributed by atoms with Crippen LogP contribution in [0.5, 0.6) is 0 Å². The van der Waals surface area contributed by atoms with Crippen LogP contribution in [0, 0.1) is 0 Å². The van der Waals surface area contributed by atoms with Crippen LogP contribution in [0.15, 0.2) is 130 Å². The molecule has 0 spiro atoms. The van der Waals surface area contributed by atoms with Crippen LogP contribution in [0.25, 0.3) is 153 Å². The maximum Gasteiger partial charge on any atom is 0.127 e. The van der Waals surface area contributed by atoms with Crippen LogP contribution < -0.4 is 76.5 Å². The molecular weight excluding hydrogens is 928 g/mol. The molecule has 15 aromatic rings. The lowest BCUT2D eigenvalue weighted by molar-refractivity contribution is 0.674. The summed E-state index contributed by atoms with van der Waals surface area (Å²) in [5.74, 6) is 0. The van der Waals surface area contributed by atoms with Crippen LogP contribution >= 0.6 is 0 Å². The lowest BCUT2D eigenvalue weighted by Crippen LogP contribution is -2.47. The summed E-state index contributed by atoms with van der Waals surface area (Å²) < 4.78 is 12.9. The zero-order chi connectivity index (χ0) is 53.8. The number of hydrogen-bond acceptors (Lipinski definition) is 2. The monoisotopic (exact) mass is 950 g/mol. The molecule has 322 valence electrons. The molecule has 78 heavy (non-hydrogen) atoms. The van der Waals surface area contributed by atoms with Crippen LogP contribution in [0.1, 0.15) is 0 Å². The molecule has 0 fully saturated rings. The van der Waals surface area contributed by atoms with E-state index < -0.39 is 0 Å². The Morgan fingerprint density at radius 3 is 1.03 bits per heavy atom. The number of fused-ring (bicyclic) bond motifs is 6. The molecule has 2 heterocycles. The molecule has 0 unspecified atom stereocenters. The molecule has 2 aromatic heterocycles. The van der Waals surface area contributed by atoms with E-state index in [2.05, 4.69) is 115 Å². The molecule has 0 saturated carbocycles. The zero-order valence-corrected chi connectivity index (χ0v) is 41.4. The van der Waals surface area contributed by atoms with Crippen molar-refractivity contribution in [3.63, 3.8) is 0 Å². The Bertz CT molecular complexity index is 5240. The minimum Gasteiger partial charge on any atom is -0.457 e. The van der Waals surface area contributed by atoms with E-state index in [1.165, 1.54) is 0 Å². The number of benzene rings is 13. The summed E-state index contributed by atoms with van der Waals surface area (Å²) in [6.07, 6.45) is 0. The Labute approximate surface area is 466 Å². The lowest BCUT2D eigenvalue weighted by Gasteiger charge is -2.27. The van der Waals surface area contributed by atoms with Gasteiger partial charge in [0.2, 0.25) is 0 Å². The summed E-state index contributed by atoms with van der Waals surface area (Å²) in [6.45, 7) is 0. The van der Waals surface area contributed by atoms with Gasteiger partial charge in [0.05, 0.1) is 0 Å². The van der Waals surface area contributed by atoms with E-state index in [1.807, 2.05) is 6.07 Å². The van der Waals surface area contributed by atoms with Gasteiger partial charge < -0.3 is 8.83 Å². The molecule has 15 rings (SSSR count). The SMILES string of the molecule is [B]c1c([B])c([B])c2c(oc3c([B])c([B])c(-c4cc(-c5ccc6ccc7cccc8ccc5c6c78)cc(-c5ccc6ccc7cccc8ccc5c6c78)c4-c4c([B])c([B])c5oc6c([B])c([B])c([B])c([B])c6c5c4[B])c([B])c32)c1[B]. The van der Waals surface area contributed by atoms with E-state index in [0.29, 0.717) is 49.4 Å². The molecule has 0 saturated heterocycles. The second-order valence-corrected chi connectivity index (χ2v) is 20.4. The third-order valence-electron chi connectivity index (χ3n) is 16.6. The van der Waals surface area contributed by atoms with Crippen molar-refractivity contribution in [1.82, 2.24) is 0 Å². The van der Waals surface area contributed by atoms with Gasteiger partial charge in [-0.3, -0.25) is 0 Å². The third-order valence-corrected chi connectivity index (χ3v) is 16.6. The molecule has 0 N–H and O–H groups in total. The average molecular weight is 948 g/mol. The first-order chi connectivity index (χ1) is 37.5. The van der Waals surface area contributed by atoms with E-state index in [4.69, 9.17) is 119 Å². The van der Waals surface area contributed by atoms with Crippen LogP contribution in [0.2, 0.25) is 0 Å². The normalized spacial score (nSPS) is 12.3. The van der Waals surface area contributed by atoms with E-state index >= 15 is 0 Å². The standard InChI is InChI=1S/C62H20B14O2/c63-45-39(47(65)55(73)59-41(45)43-49(67)51(69)53(71)57(75)61(43)77-59)33-20-27(28-15-11-25-9-7-21-3-1-5-23-13-17-30(28)36(25)34(21)23)19-32(29-16-12-26-10-8-22-4-2-6-24-14-18-31(29)37(26)35(22)24)38(33)40-46(64)42-44-50(68)52(70)54(72)58(76)62(44)78-60(42)56(74)48(40)66/h1-20H. The lowest BCUT2D eigenvalue weighted by atomic mass is 9.63. The van der Waals surface area contributed by atoms with Crippen LogP contribution in [0.4, 0.5) is 0 Å². The molecule has 13 aromatic carbocycles. The summed E-state index contributed by atoms with van der Waals surface area (Å²) in [7, 11) is 97.4. The molecule has 2 nitrogen and oxygen atoms in total. The molecule has 0 amide bonds. The Balaban J connectivity index is 1.19. The van der Waals surface area contributed by atoms with E-state index in [9.17, 15) is 0 Å². The van der Waals surface area contributed by atoms with Crippen LogP contribution in [0.3, 0.4) is 0 Å². The highest BCUT2D eigenvalue weighted by Gasteiger charge is 2.30. The fourth-order valence-corrected chi connectivity index (χ4v) is 12.8. The third kappa shape index (κ3) is 6.07. The van der Waals surface area contributed by atoms with Crippen molar-refractivity contribution in [3.8, 4) is 44.5 Å². The summed E-state index contributed by atoms with van der Waals surface area (Å²) in [5.41, 5.74) is 6.13. The molecule has 0 atom stereocenters. The van der Waals surface area contributed by atoms with Gasteiger partial charge in [0.1, 0.15) is 132 Å². The van der Waals surface area contributed by atoms with Crippen molar-refractivity contribution in [2.75, 3.05) is 0 Å². The van der Waals surface area contributed by atoms with Gasteiger partial charge >= 0.3 is 0 Å². The van der Waals surface area contributed by atoms with Gasteiger partial charge in [-0.25, -0.2) is 0 Å². The average Bonchev–Trinajstić information content (AvgIpc) is 4.11. The van der Waals surface area contributed by atoms with Gasteiger partial charge in [-0.1, -0.05) is 164 Å². The smallest absolute Gasteiger partial charge is 0.127 e. The Morgan fingerprint density at radius 1 is 0.218 bits per heavy atom. The van der Waals surface area contributed by atoms with Crippen molar-refractivity contribution < 1.29 is 8.83 Å². The topological polar surface area (TPSA) is 26.3 Å². The molecule has 28 radical (unpaired) electrons. The molecule has 16 heteroatoms. The van der Waals surface area contributed by atoms with Gasteiger partial charge in [-0.2, -0.15) is 0 Å². The molecular formula is C62H20B14O2. The summed E-state index contributed by atoms with van der Waals surface area (Å²) >= 11 is 0. The quantitative estimate of drug-likeness (QED) is 0.195. The number of furan rings is 2.